The summed E-state index contributed by atoms with van der Waals surface area (Å²) in [5.74, 6) is 2.03. The molecule has 0 spiro atoms. The fourth-order valence-corrected chi connectivity index (χ4v) is 2.60. The van der Waals surface area contributed by atoms with Crippen LogP contribution in [0.15, 0.2) is 23.4 Å². The van der Waals surface area contributed by atoms with Crippen molar-refractivity contribution in [2.75, 3.05) is 5.73 Å². The summed E-state index contributed by atoms with van der Waals surface area (Å²) in [4.78, 5) is 19.7. The molecule has 23 heavy (non-hydrogen) atoms. The van der Waals surface area contributed by atoms with Crippen LogP contribution < -0.4 is 11.2 Å². The number of nitrogen functional groups attached to an aromatic ring is 1. The maximum atomic E-state index is 11.9. The highest BCUT2D eigenvalue weighted by atomic mass is 16.6. The first kappa shape index (κ1) is 15.4. The summed E-state index contributed by atoms with van der Waals surface area (Å²) in [6.07, 6.45) is 1.18. The summed E-state index contributed by atoms with van der Waals surface area (Å²) in [5.41, 5.74) is 5.45. The van der Waals surface area contributed by atoms with Crippen molar-refractivity contribution in [2.45, 2.75) is 30.6 Å². The van der Waals surface area contributed by atoms with Gasteiger partial charge in [-0.15, -0.1) is 6.42 Å². The van der Waals surface area contributed by atoms with Crippen LogP contribution in [-0.2, 0) is 4.74 Å². The van der Waals surface area contributed by atoms with Gasteiger partial charge in [-0.05, 0) is 0 Å². The zero-order valence-corrected chi connectivity index (χ0v) is 11.8. The summed E-state index contributed by atoms with van der Waals surface area (Å²) < 4.78 is 6.82. The number of aliphatic hydroxyl groups excluding tert-OH is 3. The third kappa shape index (κ3) is 2.34. The average molecular weight is 318 g/mol. The van der Waals surface area contributed by atoms with E-state index in [-0.39, 0.29) is 22.3 Å². The topological polar surface area (TPSA) is 144 Å². The Morgan fingerprint density at radius 2 is 2.13 bits per heavy atom. The van der Waals surface area contributed by atoms with Crippen LogP contribution in [0.4, 0.5) is 5.82 Å². The van der Waals surface area contributed by atoms with Gasteiger partial charge >= 0.3 is 0 Å². The SMILES string of the molecule is C#C[C@@H](O)[C@H]1O[C@H](n2ccc(=O)c3c(N)ncnc32)[C@H](O)[C@@H]1O. The minimum Gasteiger partial charge on any atom is -0.387 e. The van der Waals surface area contributed by atoms with Crippen LogP contribution in [0, 0.1) is 12.3 Å². The molecule has 0 amide bonds. The van der Waals surface area contributed by atoms with Crippen LogP contribution in [0.25, 0.3) is 11.0 Å². The molecule has 5 N–H and O–H groups in total. The first-order chi connectivity index (χ1) is 11.0. The summed E-state index contributed by atoms with van der Waals surface area (Å²) in [5, 5.41) is 29.9. The van der Waals surface area contributed by atoms with Gasteiger partial charge in [-0.1, -0.05) is 5.92 Å². The lowest BCUT2D eigenvalue weighted by molar-refractivity contribution is -0.0673. The van der Waals surface area contributed by atoms with Crippen molar-refractivity contribution >= 4 is 16.9 Å². The number of aromatic nitrogens is 3. The zero-order valence-electron chi connectivity index (χ0n) is 11.8. The van der Waals surface area contributed by atoms with Gasteiger partial charge < -0.3 is 30.4 Å². The van der Waals surface area contributed by atoms with Gasteiger partial charge in [0.15, 0.2) is 17.3 Å². The zero-order chi connectivity index (χ0) is 16.7. The maximum Gasteiger partial charge on any atom is 0.194 e. The standard InChI is InChI=1S/C14H14N4O5/c1-2-6(19)11-9(21)10(22)14(23-11)18-4-3-7(20)8-12(15)16-5-17-13(8)18/h1,3-6,9-11,14,19,21-22H,(H2,15,16,17)/t6-,9+,10-,11-,14+/m1/s1. The third-order valence-electron chi connectivity index (χ3n) is 3.77. The summed E-state index contributed by atoms with van der Waals surface area (Å²) in [7, 11) is 0. The molecule has 1 aliphatic rings. The number of hydrogen-bond donors (Lipinski definition) is 4. The van der Waals surface area contributed by atoms with Crippen LogP contribution in [0.1, 0.15) is 6.23 Å². The number of fused-ring (bicyclic) bond motifs is 1. The Labute approximate surface area is 130 Å². The molecule has 120 valence electrons. The number of rotatable bonds is 2. The maximum absolute atomic E-state index is 11.9. The molecule has 0 aromatic carbocycles. The Bertz CT molecular complexity index is 845. The molecule has 3 rings (SSSR count). The van der Waals surface area contributed by atoms with Crippen LogP contribution in [0.2, 0.25) is 0 Å². The third-order valence-corrected chi connectivity index (χ3v) is 3.77. The highest BCUT2D eigenvalue weighted by Crippen LogP contribution is 2.32. The van der Waals surface area contributed by atoms with Crippen LogP contribution in [-0.4, -0.2) is 54.3 Å². The molecule has 2 aromatic rings. The molecule has 9 nitrogen and oxygen atoms in total. The normalized spacial score (nSPS) is 28.6. The van der Waals surface area contributed by atoms with Crippen molar-refractivity contribution in [3.05, 3.63) is 28.8 Å². The van der Waals surface area contributed by atoms with Crippen LogP contribution >= 0.6 is 0 Å². The quantitative estimate of drug-likeness (QED) is 0.465. The van der Waals surface area contributed by atoms with E-state index < -0.39 is 30.6 Å². The number of hydrogen-bond acceptors (Lipinski definition) is 8. The fraction of sp³-hybridized carbons (Fsp3) is 0.357. The Balaban J connectivity index is 2.12. The molecule has 0 bridgehead atoms. The summed E-state index contributed by atoms with van der Waals surface area (Å²) in [6, 6.07) is 1.22. The lowest BCUT2D eigenvalue weighted by atomic mass is 10.1. The first-order valence-corrected chi connectivity index (χ1v) is 6.73. The van der Waals surface area contributed by atoms with Crippen molar-refractivity contribution in [3.63, 3.8) is 0 Å². The molecule has 0 saturated carbocycles. The summed E-state index contributed by atoms with van der Waals surface area (Å²) >= 11 is 0. The lowest BCUT2D eigenvalue weighted by Gasteiger charge is -2.20. The van der Waals surface area contributed by atoms with E-state index in [2.05, 4.69) is 9.97 Å². The fourth-order valence-electron chi connectivity index (χ4n) is 2.60. The van der Waals surface area contributed by atoms with E-state index in [1.54, 1.807) is 0 Å². The van der Waals surface area contributed by atoms with Crippen molar-refractivity contribution in [3.8, 4) is 12.3 Å². The second-order valence-corrected chi connectivity index (χ2v) is 5.13. The van der Waals surface area contributed by atoms with E-state index in [1.165, 1.54) is 23.2 Å². The molecule has 2 aromatic heterocycles. The smallest absolute Gasteiger partial charge is 0.194 e. The van der Waals surface area contributed by atoms with Crippen molar-refractivity contribution in [1.29, 1.82) is 0 Å². The van der Waals surface area contributed by atoms with E-state index in [0.29, 0.717) is 0 Å². The van der Waals surface area contributed by atoms with E-state index >= 15 is 0 Å². The van der Waals surface area contributed by atoms with Gasteiger partial charge in [0.25, 0.3) is 0 Å². The minimum absolute atomic E-state index is 0.0115. The molecular weight excluding hydrogens is 304 g/mol. The molecule has 9 heteroatoms. The molecule has 0 unspecified atom stereocenters. The number of ether oxygens (including phenoxy) is 1. The number of aliphatic hydroxyl groups is 3. The van der Waals surface area contributed by atoms with Crippen molar-refractivity contribution in [1.82, 2.24) is 14.5 Å². The van der Waals surface area contributed by atoms with Crippen molar-refractivity contribution in [2.24, 2.45) is 0 Å². The van der Waals surface area contributed by atoms with Gasteiger partial charge in [-0.3, -0.25) is 4.79 Å². The van der Waals surface area contributed by atoms with Crippen LogP contribution in [0.5, 0.6) is 0 Å². The van der Waals surface area contributed by atoms with E-state index in [1.807, 2.05) is 5.92 Å². The lowest BCUT2D eigenvalue weighted by Crippen LogP contribution is -2.37. The van der Waals surface area contributed by atoms with E-state index in [0.717, 1.165) is 0 Å². The largest absolute Gasteiger partial charge is 0.387 e. The minimum atomic E-state index is -1.40. The second kappa shape index (κ2) is 5.60. The van der Waals surface area contributed by atoms with Gasteiger partial charge in [0.05, 0.1) is 0 Å². The average Bonchev–Trinajstić information content (AvgIpc) is 2.83. The number of anilines is 1. The first-order valence-electron chi connectivity index (χ1n) is 6.73. The Morgan fingerprint density at radius 3 is 2.83 bits per heavy atom. The second-order valence-electron chi connectivity index (χ2n) is 5.13. The Hall–Kier alpha value is -2.51. The molecule has 0 radical (unpaired) electrons. The molecule has 3 heterocycles. The molecule has 1 saturated heterocycles. The molecule has 0 aliphatic carbocycles. The molecule has 5 atom stereocenters. The summed E-state index contributed by atoms with van der Waals surface area (Å²) in [6.45, 7) is 0. The van der Waals surface area contributed by atoms with Gasteiger partial charge in [-0.2, -0.15) is 0 Å². The Morgan fingerprint density at radius 1 is 1.39 bits per heavy atom. The predicted octanol–water partition coefficient (Wildman–Crippen LogP) is -2.01. The van der Waals surface area contributed by atoms with E-state index in [9.17, 15) is 20.1 Å². The molecule has 1 fully saturated rings. The molecular formula is C14H14N4O5. The monoisotopic (exact) mass is 318 g/mol. The van der Waals surface area contributed by atoms with Crippen molar-refractivity contribution < 1.29 is 20.1 Å². The highest BCUT2D eigenvalue weighted by molar-refractivity contribution is 5.84. The van der Waals surface area contributed by atoms with Gasteiger partial charge in [-0.25, -0.2) is 9.97 Å². The van der Waals surface area contributed by atoms with Gasteiger partial charge in [0.1, 0.15) is 41.9 Å². The number of terminal acetylenes is 1. The van der Waals surface area contributed by atoms with Crippen LogP contribution in [0.3, 0.4) is 0 Å². The molecule has 1 aliphatic heterocycles. The number of nitrogens with two attached hydrogens (primary N) is 1. The van der Waals surface area contributed by atoms with Gasteiger partial charge in [0, 0.05) is 12.3 Å². The number of nitrogens with zero attached hydrogens (tertiary/aromatic N) is 3. The Kier molecular flexibility index (Phi) is 3.75. The number of pyridine rings is 1. The van der Waals surface area contributed by atoms with E-state index in [4.69, 9.17) is 16.9 Å². The highest BCUT2D eigenvalue weighted by Gasteiger charge is 2.46. The van der Waals surface area contributed by atoms with Gasteiger partial charge in [0.2, 0.25) is 0 Å². The predicted molar refractivity (Wildman–Crippen MR) is 79.0 cm³/mol.